The molecule has 0 atom stereocenters. The number of benzene rings is 1. The van der Waals surface area contributed by atoms with Crippen LogP contribution in [0, 0.1) is 0 Å². The first kappa shape index (κ1) is 14.8. The highest BCUT2D eigenvalue weighted by molar-refractivity contribution is 5.73. The molecule has 8 nitrogen and oxygen atoms in total. The summed E-state index contributed by atoms with van der Waals surface area (Å²) in [7, 11) is 1.83. The molecular formula is C16H18N6O2. The van der Waals surface area contributed by atoms with Crippen molar-refractivity contribution in [2.24, 2.45) is 7.05 Å². The second-order valence-electron chi connectivity index (χ2n) is 5.69. The Morgan fingerprint density at radius 1 is 1.17 bits per heavy atom. The van der Waals surface area contributed by atoms with Gasteiger partial charge in [0.05, 0.1) is 30.9 Å². The summed E-state index contributed by atoms with van der Waals surface area (Å²) in [6.45, 7) is 3.18. The van der Waals surface area contributed by atoms with Gasteiger partial charge in [-0.3, -0.25) is 4.68 Å². The van der Waals surface area contributed by atoms with Crippen LogP contribution in [0.3, 0.4) is 0 Å². The zero-order chi connectivity index (χ0) is 16.4. The number of aromatic nitrogens is 5. The van der Waals surface area contributed by atoms with Crippen LogP contribution in [0.25, 0.3) is 11.5 Å². The number of para-hydroxylation sites is 1. The van der Waals surface area contributed by atoms with Gasteiger partial charge in [-0.05, 0) is 12.1 Å². The number of ether oxygens (including phenoxy) is 1. The lowest BCUT2D eigenvalue weighted by Crippen LogP contribution is -2.36. The molecule has 8 heteroatoms. The number of aryl methyl sites for hydroxylation is 1. The summed E-state index contributed by atoms with van der Waals surface area (Å²) in [6, 6.07) is 8.08. The lowest BCUT2D eigenvalue weighted by molar-refractivity contribution is 0.122. The Kier molecular flexibility index (Phi) is 3.96. The van der Waals surface area contributed by atoms with Gasteiger partial charge in [-0.2, -0.15) is 4.98 Å². The maximum atomic E-state index is 5.49. The van der Waals surface area contributed by atoms with Crippen LogP contribution in [-0.4, -0.2) is 51.4 Å². The van der Waals surface area contributed by atoms with Crippen molar-refractivity contribution in [3.05, 3.63) is 42.0 Å². The number of anilines is 1. The van der Waals surface area contributed by atoms with E-state index < -0.39 is 0 Å². The molecule has 3 aromatic rings. The summed E-state index contributed by atoms with van der Waals surface area (Å²) in [4.78, 5) is 6.81. The molecule has 1 aromatic carbocycles. The molecule has 1 aliphatic rings. The monoisotopic (exact) mass is 326 g/mol. The van der Waals surface area contributed by atoms with Crippen molar-refractivity contribution in [1.82, 2.24) is 25.1 Å². The molecule has 0 radical (unpaired) electrons. The largest absolute Gasteiger partial charge is 0.378 e. The molecule has 124 valence electrons. The minimum Gasteiger partial charge on any atom is -0.378 e. The first-order chi connectivity index (χ1) is 11.8. The third kappa shape index (κ3) is 3.00. The Labute approximate surface area is 139 Å². The molecule has 0 saturated carbocycles. The van der Waals surface area contributed by atoms with Gasteiger partial charge in [0.2, 0.25) is 0 Å². The molecule has 24 heavy (non-hydrogen) atoms. The third-order valence-corrected chi connectivity index (χ3v) is 3.94. The van der Waals surface area contributed by atoms with E-state index in [1.807, 2.05) is 31.4 Å². The molecule has 3 heterocycles. The molecule has 0 amide bonds. The Hall–Kier alpha value is -2.74. The SMILES string of the molecule is Cn1cc(Cc2noc(-c3ccccc3N3CCOCC3)n2)nn1. The fourth-order valence-electron chi connectivity index (χ4n) is 2.81. The third-order valence-electron chi connectivity index (χ3n) is 3.94. The summed E-state index contributed by atoms with van der Waals surface area (Å²) >= 11 is 0. The number of morpholine rings is 1. The maximum absolute atomic E-state index is 5.49. The average Bonchev–Trinajstić information content (AvgIpc) is 3.25. The first-order valence-electron chi connectivity index (χ1n) is 7.89. The summed E-state index contributed by atoms with van der Waals surface area (Å²) in [5.74, 6) is 1.12. The van der Waals surface area contributed by atoms with E-state index in [1.54, 1.807) is 4.68 Å². The van der Waals surface area contributed by atoms with Gasteiger partial charge in [0.1, 0.15) is 0 Å². The van der Waals surface area contributed by atoms with Crippen LogP contribution in [0.2, 0.25) is 0 Å². The van der Waals surface area contributed by atoms with Crippen molar-refractivity contribution < 1.29 is 9.26 Å². The molecular weight excluding hydrogens is 308 g/mol. The highest BCUT2D eigenvalue weighted by Crippen LogP contribution is 2.30. The standard InChI is InChI=1S/C16H18N6O2/c1-21-11-12(18-20-21)10-15-17-16(24-19-15)13-4-2-3-5-14(13)22-6-8-23-9-7-22/h2-5,11H,6-10H2,1H3. The minimum atomic E-state index is 0.497. The van der Waals surface area contributed by atoms with E-state index in [0.29, 0.717) is 18.1 Å². The lowest BCUT2D eigenvalue weighted by Gasteiger charge is -2.29. The molecule has 0 aliphatic carbocycles. The summed E-state index contributed by atoms with van der Waals surface area (Å²) < 4.78 is 12.6. The van der Waals surface area contributed by atoms with E-state index in [-0.39, 0.29) is 0 Å². The van der Waals surface area contributed by atoms with Crippen LogP contribution in [0.5, 0.6) is 0 Å². The topological polar surface area (TPSA) is 82.1 Å². The Bertz CT molecular complexity index is 821. The molecule has 0 unspecified atom stereocenters. The van der Waals surface area contributed by atoms with Gasteiger partial charge < -0.3 is 14.2 Å². The van der Waals surface area contributed by atoms with E-state index in [0.717, 1.165) is 43.2 Å². The summed E-state index contributed by atoms with van der Waals surface area (Å²) in [5, 5.41) is 12.0. The maximum Gasteiger partial charge on any atom is 0.260 e. The van der Waals surface area contributed by atoms with E-state index in [2.05, 4.69) is 31.4 Å². The second kappa shape index (κ2) is 6.40. The smallest absolute Gasteiger partial charge is 0.260 e. The van der Waals surface area contributed by atoms with Crippen LogP contribution in [-0.2, 0) is 18.2 Å². The molecule has 0 N–H and O–H groups in total. The van der Waals surface area contributed by atoms with Crippen molar-refractivity contribution in [3.8, 4) is 11.5 Å². The van der Waals surface area contributed by atoms with Crippen molar-refractivity contribution in [1.29, 1.82) is 0 Å². The van der Waals surface area contributed by atoms with Crippen molar-refractivity contribution in [2.75, 3.05) is 31.2 Å². The van der Waals surface area contributed by atoms with Crippen molar-refractivity contribution in [2.45, 2.75) is 6.42 Å². The Morgan fingerprint density at radius 3 is 2.79 bits per heavy atom. The van der Waals surface area contributed by atoms with Crippen LogP contribution in [0.1, 0.15) is 11.5 Å². The molecule has 2 aromatic heterocycles. The molecule has 0 bridgehead atoms. The van der Waals surface area contributed by atoms with E-state index in [9.17, 15) is 0 Å². The normalized spacial score (nSPS) is 15.0. The zero-order valence-electron chi connectivity index (χ0n) is 13.4. The van der Waals surface area contributed by atoms with Gasteiger partial charge >= 0.3 is 0 Å². The molecule has 1 aliphatic heterocycles. The predicted molar refractivity (Wildman–Crippen MR) is 86.6 cm³/mol. The average molecular weight is 326 g/mol. The van der Waals surface area contributed by atoms with Gasteiger partial charge in [-0.25, -0.2) is 0 Å². The summed E-state index contributed by atoms with van der Waals surface area (Å²) in [5.41, 5.74) is 2.85. The predicted octanol–water partition coefficient (Wildman–Crippen LogP) is 1.29. The van der Waals surface area contributed by atoms with Crippen molar-refractivity contribution in [3.63, 3.8) is 0 Å². The van der Waals surface area contributed by atoms with Gasteiger partial charge in [0, 0.05) is 32.0 Å². The minimum absolute atomic E-state index is 0.497. The van der Waals surface area contributed by atoms with Crippen molar-refractivity contribution >= 4 is 5.69 Å². The van der Waals surface area contributed by atoms with Gasteiger partial charge in [-0.15, -0.1) is 5.10 Å². The van der Waals surface area contributed by atoms with Gasteiger partial charge in [0.15, 0.2) is 5.82 Å². The fourth-order valence-corrected chi connectivity index (χ4v) is 2.81. The number of hydrogen-bond acceptors (Lipinski definition) is 7. The lowest BCUT2D eigenvalue weighted by atomic mass is 10.1. The van der Waals surface area contributed by atoms with Crippen LogP contribution in [0.4, 0.5) is 5.69 Å². The molecule has 4 rings (SSSR count). The fraction of sp³-hybridized carbons (Fsp3) is 0.375. The highest BCUT2D eigenvalue weighted by Gasteiger charge is 2.19. The number of hydrogen-bond donors (Lipinski definition) is 0. The van der Waals surface area contributed by atoms with Gasteiger partial charge in [0.25, 0.3) is 5.89 Å². The first-order valence-corrected chi connectivity index (χ1v) is 7.89. The number of nitrogens with zero attached hydrogens (tertiary/aromatic N) is 6. The second-order valence-corrected chi connectivity index (χ2v) is 5.69. The number of rotatable bonds is 4. The Balaban J connectivity index is 1.60. The quantitative estimate of drug-likeness (QED) is 0.714. The van der Waals surface area contributed by atoms with Crippen LogP contribution in [0.15, 0.2) is 35.0 Å². The van der Waals surface area contributed by atoms with Crippen LogP contribution >= 0.6 is 0 Å². The highest BCUT2D eigenvalue weighted by atomic mass is 16.5. The molecule has 1 saturated heterocycles. The molecule has 0 spiro atoms. The van der Waals surface area contributed by atoms with Crippen LogP contribution < -0.4 is 4.90 Å². The molecule has 1 fully saturated rings. The van der Waals surface area contributed by atoms with Gasteiger partial charge in [-0.1, -0.05) is 22.5 Å². The van der Waals surface area contributed by atoms with E-state index in [4.69, 9.17) is 9.26 Å². The zero-order valence-corrected chi connectivity index (χ0v) is 13.4. The Morgan fingerprint density at radius 2 is 2.00 bits per heavy atom. The van der Waals surface area contributed by atoms with E-state index >= 15 is 0 Å². The van der Waals surface area contributed by atoms with E-state index in [1.165, 1.54) is 0 Å². The summed E-state index contributed by atoms with van der Waals surface area (Å²) in [6.07, 6.45) is 2.34.